The van der Waals surface area contributed by atoms with Gasteiger partial charge in [0.05, 0.1) is 0 Å². The number of hydrogen-bond acceptors (Lipinski definition) is 3. The summed E-state index contributed by atoms with van der Waals surface area (Å²) in [6.07, 6.45) is 6.85. The van der Waals surface area contributed by atoms with Gasteiger partial charge in [0.1, 0.15) is 0 Å². The van der Waals surface area contributed by atoms with Crippen LogP contribution >= 0.6 is 0 Å². The molecule has 1 aliphatic rings. The summed E-state index contributed by atoms with van der Waals surface area (Å²) in [5.74, 6) is 0. The van der Waals surface area contributed by atoms with Gasteiger partial charge in [0, 0.05) is 31.4 Å². The van der Waals surface area contributed by atoms with Crippen LogP contribution in [0.2, 0.25) is 0 Å². The lowest BCUT2D eigenvalue weighted by atomic mass is 9.68. The molecule has 17 heavy (non-hydrogen) atoms. The number of likely N-dealkylation sites (N-methyl/N-ethyl adjacent to an activating group) is 1. The van der Waals surface area contributed by atoms with Gasteiger partial charge < -0.3 is 10.6 Å². The molecular weight excluding hydrogens is 210 g/mol. The Morgan fingerprint density at radius 3 is 2.76 bits per heavy atom. The Balaban J connectivity index is 1.76. The predicted molar refractivity (Wildman–Crippen MR) is 70.8 cm³/mol. The highest BCUT2D eigenvalue weighted by atomic mass is 15.1. The van der Waals surface area contributed by atoms with Crippen molar-refractivity contribution in [2.24, 2.45) is 11.1 Å². The molecule has 1 aromatic heterocycles. The molecule has 0 atom stereocenters. The van der Waals surface area contributed by atoms with Crippen molar-refractivity contribution in [3.63, 3.8) is 0 Å². The standard InChI is InChI=1S/C14H23N3/c1-17(12-14(11-15)7-4-8-14)10-6-13-5-2-3-9-16-13/h2-3,5,9H,4,6-8,10-12,15H2,1H3. The van der Waals surface area contributed by atoms with E-state index in [0.29, 0.717) is 5.41 Å². The van der Waals surface area contributed by atoms with E-state index in [1.807, 2.05) is 12.3 Å². The summed E-state index contributed by atoms with van der Waals surface area (Å²) in [7, 11) is 2.19. The van der Waals surface area contributed by atoms with Crippen LogP contribution in [0.1, 0.15) is 25.0 Å². The van der Waals surface area contributed by atoms with Crippen LogP contribution in [0, 0.1) is 5.41 Å². The van der Waals surface area contributed by atoms with Crippen molar-refractivity contribution >= 4 is 0 Å². The quantitative estimate of drug-likeness (QED) is 0.813. The van der Waals surface area contributed by atoms with Gasteiger partial charge in [0.25, 0.3) is 0 Å². The van der Waals surface area contributed by atoms with Crippen molar-refractivity contribution in [1.29, 1.82) is 0 Å². The molecule has 0 unspecified atom stereocenters. The van der Waals surface area contributed by atoms with Gasteiger partial charge in [-0.25, -0.2) is 0 Å². The average molecular weight is 233 g/mol. The molecule has 3 heteroatoms. The van der Waals surface area contributed by atoms with Crippen LogP contribution in [0.3, 0.4) is 0 Å². The third-order valence-electron chi connectivity index (χ3n) is 3.93. The lowest BCUT2D eigenvalue weighted by Gasteiger charge is -2.43. The zero-order valence-electron chi connectivity index (χ0n) is 10.7. The van der Waals surface area contributed by atoms with Crippen LogP contribution in [-0.4, -0.2) is 36.6 Å². The largest absolute Gasteiger partial charge is 0.330 e. The first-order valence-electron chi connectivity index (χ1n) is 6.53. The Morgan fingerprint density at radius 2 is 2.24 bits per heavy atom. The first-order valence-corrected chi connectivity index (χ1v) is 6.53. The highest BCUT2D eigenvalue weighted by Crippen LogP contribution is 2.40. The fourth-order valence-corrected chi connectivity index (χ4v) is 2.61. The second-order valence-corrected chi connectivity index (χ2v) is 5.37. The van der Waals surface area contributed by atoms with E-state index in [2.05, 4.69) is 29.1 Å². The fourth-order valence-electron chi connectivity index (χ4n) is 2.61. The molecule has 1 fully saturated rings. The molecule has 1 saturated carbocycles. The molecule has 1 aliphatic carbocycles. The molecule has 94 valence electrons. The van der Waals surface area contributed by atoms with Gasteiger partial charge in [-0.2, -0.15) is 0 Å². The SMILES string of the molecule is CN(CCc1ccccn1)CC1(CN)CCC1. The molecule has 0 amide bonds. The van der Waals surface area contributed by atoms with Gasteiger partial charge in [-0.15, -0.1) is 0 Å². The minimum atomic E-state index is 0.416. The van der Waals surface area contributed by atoms with Crippen molar-refractivity contribution in [3.05, 3.63) is 30.1 Å². The van der Waals surface area contributed by atoms with E-state index in [0.717, 1.165) is 26.1 Å². The van der Waals surface area contributed by atoms with Gasteiger partial charge in [-0.1, -0.05) is 12.5 Å². The highest BCUT2D eigenvalue weighted by molar-refractivity contribution is 5.03. The topological polar surface area (TPSA) is 42.2 Å². The molecule has 1 heterocycles. The minimum Gasteiger partial charge on any atom is -0.330 e. The monoisotopic (exact) mass is 233 g/mol. The molecule has 0 saturated heterocycles. The van der Waals surface area contributed by atoms with E-state index in [9.17, 15) is 0 Å². The molecule has 2 rings (SSSR count). The Bertz CT molecular complexity index is 327. The number of hydrogen-bond donors (Lipinski definition) is 1. The Labute approximate surface area is 104 Å². The molecule has 2 N–H and O–H groups in total. The molecule has 3 nitrogen and oxygen atoms in total. The van der Waals surface area contributed by atoms with Gasteiger partial charge >= 0.3 is 0 Å². The first kappa shape index (κ1) is 12.5. The van der Waals surface area contributed by atoms with Crippen LogP contribution in [0.25, 0.3) is 0 Å². The summed E-state index contributed by atoms with van der Waals surface area (Å²) >= 11 is 0. The Hall–Kier alpha value is -0.930. The van der Waals surface area contributed by atoms with Crippen LogP contribution in [0.4, 0.5) is 0 Å². The summed E-state index contributed by atoms with van der Waals surface area (Å²) in [6.45, 7) is 3.04. The molecular formula is C14H23N3. The fraction of sp³-hybridized carbons (Fsp3) is 0.643. The number of pyridine rings is 1. The third-order valence-corrected chi connectivity index (χ3v) is 3.93. The summed E-state index contributed by atoms with van der Waals surface area (Å²) in [6, 6.07) is 6.11. The number of rotatable bonds is 6. The van der Waals surface area contributed by atoms with Gasteiger partial charge in [-0.05, 0) is 44.0 Å². The normalized spacial score (nSPS) is 18.1. The van der Waals surface area contributed by atoms with Crippen LogP contribution < -0.4 is 5.73 Å². The van der Waals surface area contributed by atoms with Crippen LogP contribution in [-0.2, 0) is 6.42 Å². The van der Waals surface area contributed by atoms with Crippen molar-refractivity contribution in [2.75, 3.05) is 26.7 Å². The summed E-state index contributed by atoms with van der Waals surface area (Å²) in [5, 5.41) is 0. The second-order valence-electron chi connectivity index (χ2n) is 5.37. The minimum absolute atomic E-state index is 0.416. The van der Waals surface area contributed by atoms with E-state index in [4.69, 9.17) is 5.73 Å². The van der Waals surface area contributed by atoms with E-state index in [1.54, 1.807) is 0 Å². The smallest absolute Gasteiger partial charge is 0.0416 e. The Kier molecular flexibility index (Phi) is 4.13. The first-order chi connectivity index (χ1) is 8.24. The van der Waals surface area contributed by atoms with E-state index in [1.165, 1.54) is 25.0 Å². The summed E-state index contributed by atoms with van der Waals surface area (Å²) < 4.78 is 0. The molecule has 0 radical (unpaired) electrons. The van der Waals surface area contributed by atoms with Gasteiger partial charge in [0.15, 0.2) is 0 Å². The molecule has 0 aliphatic heterocycles. The van der Waals surface area contributed by atoms with Crippen LogP contribution in [0.15, 0.2) is 24.4 Å². The summed E-state index contributed by atoms with van der Waals surface area (Å²) in [4.78, 5) is 6.75. The van der Waals surface area contributed by atoms with E-state index >= 15 is 0 Å². The van der Waals surface area contributed by atoms with Crippen molar-refractivity contribution in [3.8, 4) is 0 Å². The lowest BCUT2D eigenvalue weighted by Crippen LogP contribution is -2.46. The number of nitrogens with two attached hydrogens (primary N) is 1. The van der Waals surface area contributed by atoms with E-state index in [-0.39, 0.29) is 0 Å². The highest BCUT2D eigenvalue weighted by Gasteiger charge is 2.36. The Morgan fingerprint density at radius 1 is 1.41 bits per heavy atom. The van der Waals surface area contributed by atoms with E-state index < -0.39 is 0 Å². The summed E-state index contributed by atoms with van der Waals surface area (Å²) in [5.41, 5.74) is 7.48. The average Bonchev–Trinajstić information content (AvgIpc) is 2.33. The zero-order chi connectivity index (χ0) is 12.1. The number of nitrogens with zero attached hydrogens (tertiary/aromatic N) is 2. The molecule has 1 aromatic rings. The second kappa shape index (κ2) is 5.61. The maximum Gasteiger partial charge on any atom is 0.0416 e. The molecule has 0 aromatic carbocycles. The lowest BCUT2D eigenvalue weighted by molar-refractivity contribution is 0.0881. The van der Waals surface area contributed by atoms with Crippen molar-refractivity contribution in [2.45, 2.75) is 25.7 Å². The van der Waals surface area contributed by atoms with Crippen LogP contribution in [0.5, 0.6) is 0 Å². The van der Waals surface area contributed by atoms with Crippen molar-refractivity contribution in [1.82, 2.24) is 9.88 Å². The number of aromatic nitrogens is 1. The maximum atomic E-state index is 5.89. The van der Waals surface area contributed by atoms with Gasteiger partial charge in [-0.3, -0.25) is 4.98 Å². The molecule has 0 bridgehead atoms. The third kappa shape index (κ3) is 3.27. The van der Waals surface area contributed by atoms with Crippen molar-refractivity contribution < 1.29 is 0 Å². The maximum absolute atomic E-state index is 5.89. The zero-order valence-corrected chi connectivity index (χ0v) is 10.7. The molecule has 0 spiro atoms. The van der Waals surface area contributed by atoms with Gasteiger partial charge in [0.2, 0.25) is 0 Å². The predicted octanol–water partition coefficient (Wildman–Crippen LogP) is 1.68.